The van der Waals surface area contributed by atoms with Crippen LogP contribution in [0.5, 0.6) is 0 Å². The van der Waals surface area contributed by atoms with E-state index in [9.17, 15) is 4.39 Å². The smallest absolute Gasteiger partial charge is 0.223 e. The van der Waals surface area contributed by atoms with Gasteiger partial charge in [-0.3, -0.25) is 9.89 Å². The number of nitrogens with two attached hydrogens (primary N) is 1. The molecular weight excluding hydrogens is 361 g/mol. The lowest BCUT2D eigenvalue weighted by Crippen LogP contribution is -2.44. The highest BCUT2D eigenvalue weighted by Crippen LogP contribution is 2.22. The third-order valence-corrected chi connectivity index (χ3v) is 4.54. The molecule has 0 bridgehead atoms. The number of anilines is 2. The first-order chi connectivity index (χ1) is 13.7. The molecule has 4 rings (SSSR count). The van der Waals surface area contributed by atoms with Crippen molar-refractivity contribution in [1.29, 1.82) is 0 Å². The monoisotopic (exact) mass is 383 g/mol. The van der Waals surface area contributed by atoms with Gasteiger partial charge in [-0.1, -0.05) is 12.1 Å². The summed E-state index contributed by atoms with van der Waals surface area (Å²) in [5.74, 6) is 0.224. The summed E-state index contributed by atoms with van der Waals surface area (Å²) in [5.41, 5.74) is 7.60. The Kier molecular flexibility index (Phi) is 5.40. The van der Waals surface area contributed by atoms with Crippen LogP contribution in [0.2, 0.25) is 0 Å². The molecule has 1 aromatic carbocycles. The molecular formula is C18H22FN9. The number of hydrogen-bond acceptors (Lipinski definition) is 7. The number of aromatic nitrogens is 4. The van der Waals surface area contributed by atoms with Crippen LogP contribution in [0.25, 0.3) is 17.0 Å². The molecule has 0 amide bonds. The van der Waals surface area contributed by atoms with Crippen molar-refractivity contribution >= 4 is 23.6 Å². The number of fused-ring (bicyclic) bond motifs is 1. The van der Waals surface area contributed by atoms with Gasteiger partial charge in [0, 0.05) is 38.3 Å². The molecule has 1 aliphatic heterocycles. The molecule has 0 unspecified atom stereocenters. The number of nitrogen functional groups attached to an aromatic ring is 1. The maximum Gasteiger partial charge on any atom is 0.223 e. The predicted octanol–water partition coefficient (Wildman–Crippen LogP) is 0.858. The second kappa shape index (κ2) is 8.28. The molecule has 28 heavy (non-hydrogen) atoms. The minimum absolute atomic E-state index is 0.200. The molecule has 0 atom stereocenters. The summed E-state index contributed by atoms with van der Waals surface area (Å²) in [7, 11) is 0. The number of hydrogen-bond donors (Lipinski definition) is 3. The Bertz CT molecular complexity index is 978. The second-order valence-electron chi connectivity index (χ2n) is 6.48. The van der Waals surface area contributed by atoms with Crippen molar-refractivity contribution in [2.45, 2.75) is 0 Å². The second-order valence-corrected chi connectivity index (χ2v) is 6.48. The lowest BCUT2D eigenvalue weighted by molar-refractivity contribution is 0.248. The molecule has 3 heterocycles. The molecule has 2 aromatic heterocycles. The number of nitrogens with zero attached hydrogens (tertiary/aromatic N) is 6. The first-order valence-electron chi connectivity index (χ1n) is 9.16. The van der Waals surface area contributed by atoms with Gasteiger partial charge in [0.05, 0.1) is 19.1 Å². The van der Waals surface area contributed by atoms with Crippen molar-refractivity contribution in [3.8, 4) is 11.4 Å². The Labute approximate surface area is 161 Å². The normalized spacial score (nSPS) is 15.5. The van der Waals surface area contributed by atoms with Crippen molar-refractivity contribution < 1.29 is 4.39 Å². The van der Waals surface area contributed by atoms with E-state index in [1.165, 1.54) is 16.6 Å². The summed E-state index contributed by atoms with van der Waals surface area (Å²) in [6, 6.07) is 6.11. The highest BCUT2D eigenvalue weighted by molar-refractivity contribution is 5.83. The fraction of sp³-hybridized carbons (Fsp3) is 0.333. The number of benzene rings is 1. The topological polar surface area (TPSA) is 109 Å². The quantitative estimate of drug-likeness (QED) is 0.428. The van der Waals surface area contributed by atoms with Crippen LogP contribution in [0.1, 0.15) is 0 Å². The van der Waals surface area contributed by atoms with Gasteiger partial charge in [0.25, 0.3) is 0 Å². The zero-order valence-electron chi connectivity index (χ0n) is 15.3. The molecule has 4 N–H and O–H groups in total. The number of piperazine rings is 1. The summed E-state index contributed by atoms with van der Waals surface area (Å²) in [6.45, 7) is 5.77. The standard InChI is InChI=1S/C18H22FN9/c19-14-3-1-2-13(10-14)16-25-17-15(11-23-18(20)28(17)26-16)24-12-22-6-9-27-7-4-21-5-8-27/h1-3,10-12,21H,4-9H2,(H2,20,23)(H,22,24). The van der Waals surface area contributed by atoms with Crippen molar-refractivity contribution in [2.75, 3.05) is 50.3 Å². The van der Waals surface area contributed by atoms with Gasteiger partial charge in [-0.05, 0) is 12.1 Å². The largest absolute Gasteiger partial charge is 0.368 e. The molecule has 1 saturated heterocycles. The van der Waals surface area contributed by atoms with Crippen molar-refractivity contribution in [3.05, 3.63) is 36.3 Å². The first kappa shape index (κ1) is 18.3. The number of aliphatic imine (C=N–C) groups is 1. The van der Waals surface area contributed by atoms with Gasteiger partial charge in [0.2, 0.25) is 5.95 Å². The van der Waals surface area contributed by atoms with Crippen LogP contribution in [-0.4, -0.2) is 70.1 Å². The Morgan fingerprint density at radius 2 is 2.18 bits per heavy atom. The van der Waals surface area contributed by atoms with E-state index in [2.05, 4.69) is 35.6 Å². The van der Waals surface area contributed by atoms with E-state index in [0.29, 0.717) is 29.3 Å². The molecule has 146 valence electrons. The summed E-state index contributed by atoms with van der Waals surface area (Å²) < 4.78 is 14.9. The molecule has 0 aliphatic carbocycles. The fourth-order valence-electron chi connectivity index (χ4n) is 3.05. The van der Waals surface area contributed by atoms with Gasteiger partial charge in [-0.15, -0.1) is 5.10 Å². The van der Waals surface area contributed by atoms with Crippen LogP contribution in [0.15, 0.2) is 35.5 Å². The number of nitrogens with one attached hydrogen (secondary N) is 2. The van der Waals surface area contributed by atoms with Gasteiger partial charge in [-0.2, -0.15) is 4.52 Å². The molecule has 9 nitrogen and oxygen atoms in total. The van der Waals surface area contributed by atoms with Crippen LogP contribution < -0.4 is 16.4 Å². The molecule has 1 fully saturated rings. The Balaban J connectivity index is 1.48. The highest BCUT2D eigenvalue weighted by Gasteiger charge is 2.13. The molecule has 0 radical (unpaired) electrons. The van der Waals surface area contributed by atoms with Gasteiger partial charge in [0.1, 0.15) is 11.5 Å². The Hall–Kier alpha value is -3.11. The summed E-state index contributed by atoms with van der Waals surface area (Å²) in [6.07, 6.45) is 3.21. The van der Waals surface area contributed by atoms with E-state index in [1.807, 2.05) is 0 Å². The van der Waals surface area contributed by atoms with Gasteiger partial charge >= 0.3 is 0 Å². The summed E-state index contributed by atoms with van der Waals surface area (Å²) in [4.78, 5) is 15.4. The SMILES string of the molecule is Nc1ncc(NC=NCCN2CCNCC2)c2nc(-c3cccc(F)c3)nn12. The predicted molar refractivity (Wildman–Crippen MR) is 107 cm³/mol. The first-order valence-corrected chi connectivity index (χ1v) is 9.16. The van der Waals surface area contributed by atoms with E-state index in [4.69, 9.17) is 5.73 Å². The molecule has 3 aromatic rings. The minimum Gasteiger partial charge on any atom is -0.368 e. The average Bonchev–Trinajstić information content (AvgIpc) is 3.17. The van der Waals surface area contributed by atoms with E-state index in [1.54, 1.807) is 24.7 Å². The molecule has 1 aliphatic rings. The van der Waals surface area contributed by atoms with Gasteiger partial charge < -0.3 is 16.4 Å². The fourth-order valence-corrected chi connectivity index (χ4v) is 3.05. The van der Waals surface area contributed by atoms with Gasteiger partial charge in [0.15, 0.2) is 11.5 Å². The maximum atomic E-state index is 13.5. The zero-order valence-corrected chi connectivity index (χ0v) is 15.3. The van der Waals surface area contributed by atoms with E-state index < -0.39 is 0 Å². The lowest BCUT2D eigenvalue weighted by atomic mass is 10.2. The maximum absolute atomic E-state index is 13.5. The lowest BCUT2D eigenvalue weighted by Gasteiger charge is -2.26. The summed E-state index contributed by atoms with van der Waals surface area (Å²) in [5, 5.41) is 10.8. The van der Waals surface area contributed by atoms with E-state index in [0.717, 1.165) is 32.7 Å². The Morgan fingerprint density at radius 1 is 1.32 bits per heavy atom. The molecule has 0 saturated carbocycles. The molecule has 0 spiro atoms. The van der Waals surface area contributed by atoms with Crippen molar-refractivity contribution in [3.63, 3.8) is 0 Å². The van der Waals surface area contributed by atoms with Crippen molar-refractivity contribution in [1.82, 2.24) is 29.8 Å². The Morgan fingerprint density at radius 3 is 3.00 bits per heavy atom. The number of rotatable bonds is 6. The van der Waals surface area contributed by atoms with Crippen molar-refractivity contribution in [2.24, 2.45) is 4.99 Å². The van der Waals surface area contributed by atoms with Crippen LogP contribution in [0, 0.1) is 5.82 Å². The minimum atomic E-state index is -0.350. The van der Waals surface area contributed by atoms with Crippen LogP contribution in [0.4, 0.5) is 16.0 Å². The number of halogens is 1. The third-order valence-electron chi connectivity index (χ3n) is 4.54. The highest BCUT2D eigenvalue weighted by atomic mass is 19.1. The van der Waals surface area contributed by atoms with Gasteiger partial charge in [-0.25, -0.2) is 14.4 Å². The van der Waals surface area contributed by atoms with Crippen LogP contribution >= 0.6 is 0 Å². The zero-order chi connectivity index (χ0) is 19.3. The van der Waals surface area contributed by atoms with Crippen LogP contribution in [-0.2, 0) is 0 Å². The van der Waals surface area contributed by atoms with Crippen LogP contribution in [0.3, 0.4) is 0 Å². The molecule has 10 heteroatoms. The average molecular weight is 383 g/mol. The third kappa shape index (κ3) is 4.07. The van der Waals surface area contributed by atoms with E-state index >= 15 is 0 Å². The van der Waals surface area contributed by atoms with E-state index in [-0.39, 0.29) is 11.8 Å². The summed E-state index contributed by atoms with van der Waals surface area (Å²) >= 11 is 0.